The summed E-state index contributed by atoms with van der Waals surface area (Å²) in [6.07, 6.45) is 6.02. The van der Waals surface area contributed by atoms with Crippen LogP contribution in [-0.4, -0.2) is 53.6 Å². The summed E-state index contributed by atoms with van der Waals surface area (Å²) in [5, 5.41) is 6.42. The largest absolute Gasteiger partial charge is 0.447 e. The lowest BCUT2D eigenvalue weighted by Gasteiger charge is -2.09. The Morgan fingerprint density at radius 1 is 1.19 bits per heavy atom. The Labute approximate surface area is 181 Å². The highest BCUT2D eigenvalue weighted by Crippen LogP contribution is 2.31. The normalized spacial score (nSPS) is 11.4. The molecule has 2 amide bonds. The summed E-state index contributed by atoms with van der Waals surface area (Å²) in [6.45, 7) is 4.26. The number of nitrogens with one attached hydrogen (secondary N) is 3. The third-order valence-corrected chi connectivity index (χ3v) is 4.30. The lowest BCUT2D eigenvalue weighted by Crippen LogP contribution is -2.18. The molecule has 0 saturated carbocycles. The van der Waals surface area contributed by atoms with Crippen LogP contribution in [0.1, 0.15) is 13.8 Å². The molecule has 0 unspecified atom stereocenters. The smallest absolute Gasteiger partial charge is 0.411 e. The number of amides is 2. The maximum absolute atomic E-state index is 12.1. The fourth-order valence-electron chi connectivity index (χ4n) is 2.99. The van der Waals surface area contributed by atoms with Crippen molar-refractivity contribution in [2.24, 2.45) is 0 Å². The second-order valence-corrected chi connectivity index (χ2v) is 7.64. The van der Waals surface area contributed by atoms with Crippen molar-refractivity contribution < 1.29 is 14.3 Å². The molecule has 0 radical (unpaired) electrons. The van der Waals surface area contributed by atoms with Crippen LogP contribution in [0.25, 0.3) is 22.2 Å². The van der Waals surface area contributed by atoms with Crippen molar-refractivity contribution in [3.05, 3.63) is 54.9 Å². The molecule has 1 aromatic carbocycles. The van der Waals surface area contributed by atoms with Gasteiger partial charge in [0.25, 0.3) is 0 Å². The Morgan fingerprint density at radius 2 is 2.00 bits per heavy atom. The molecule has 3 aromatic rings. The van der Waals surface area contributed by atoms with Gasteiger partial charge in [-0.15, -0.1) is 0 Å². The minimum absolute atomic E-state index is 0.185. The zero-order valence-electron chi connectivity index (χ0n) is 18.1. The number of hydrogen-bond acceptors (Lipinski definition) is 5. The van der Waals surface area contributed by atoms with Gasteiger partial charge in [0.15, 0.2) is 0 Å². The van der Waals surface area contributed by atoms with Crippen LogP contribution < -0.4 is 10.6 Å². The number of rotatable bonds is 7. The maximum Gasteiger partial charge on any atom is 0.411 e. The zero-order chi connectivity index (χ0) is 22.4. The molecule has 2 heterocycles. The van der Waals surface area contributed by atoms with E-state index in [1.54, 1.807) is 20.0 Å². The van der Waals surface area contributed by atoms with Gasteiger partial charge in [-0.1, -0.05) is 18.2 Å². The molecule has 2 aromatic heterocycles. The minimum Gasteiger partial charge on any atom is -0.447 e. The highest BCUT2D eigenvalue weighted by atomic mass is 16.6. The van der Waals surface area contributed by atoms with Gasteiger partial charge in [0.05, 0.1) is 18.0 Å². The number of benzene rings is 1. The fourth-order valence-corrected chi connectivity index (χ4v) is 2.99. The third kappa shape index (κ3) is 6.16. The van der Waals surface area contributed by atoms with E-state index in [-0.39, 0.29) is 12.0 Å². The van der Waals surface area contributed by atoms with Crippen molar-refractivity contribution >= 4 is 34.4 Å². The Bertz CT molecular complexity index is 1100. The van der Waals surface area contributed by atoms with Gasteiger partial charge in [-0.2, -0.15) is 0 Å². The number of aromatic nitrogens is 2. The van der Waals surface area contributed by atoms with Crippen LogP contribution in [-0.2, 0) is 9.53 Å². The van der Waals surface area contributed by atoms with Crippen LogP contribution >= 0.6 is 0 Å². The maximum atomic E-state index is 12.1. The molecular weight excluding hydrogens is 394 g/mol. The molecule has 3 rings (SSSR count). The van der Waals surface area contributed by atoms with Crippen LogP contribution in [0.5, 0.6) is 0 Å². The Balaban J connectivity index is 1.80. The number of aromatic amines is 1. The molecule has 31 heavy (non-hydrogen) atoms. The van der Waals surface area contributed by atoms with Crippen LogP contribution in [0.15, 0.2) is 54.9 Å². The summed E-state index contributed by atoms with van der Waals surface area (Å²) in [6, 6.07) is 9.40. The Kier molecular flexibility index (Phi) is 7.04. The minimum atomic E-state index is -0.528. The number of likely N-dealkylation sites (N-methyl/N-ethyl adjacent to an activating group) is 1. The Morgan fingerprint density at radius 3 is 2.74 bits per heavy atom. The number of nitrogens with zero attached hydrogens (tertiary/aromatic N) is 2. The number of pyridine rings is 1. The molecule has 8 nitrogen and oxygen atoms in total. The first kappa shape index (κ1) is 22.0. The van der Waals surface area contributed by atoms with Gasteiger partial charge in [-0.25, -0.2) is 9.78 Å². The van der Waals surface area contributed by atoms with Crippen molar-refractivity contribution in [3.8, 4) is 11.1 Å². The molecule has 0 fully saturated rings. The fraction of sp³-hybridized carbons (Fsp3) is 0.261. The SMILES string of the molecule is CC(C)OC(=O)Nc1cnc2[nH]cc(-c3cccc(NC(=O)C=CCN(C)C)c3)c2c1. The number of anilines is 2. The number of fused-ring (bicyclic) bond motifs is 1. The van der Waals surface area contributed by atoms with Crippen LogP contribution in [0.3, 0.4) is 0 Å². The van der Waals surface area contributed by atoms with E-state index in [0.717, 1.165) is 16.5 Å². The summed E-state index contributed by atoms with van der Waals surface area (Å²) >= 11 is 0. The second-order valence-electron chi connectivity index (χ2n) is 7.64. The topological polar surface area (TPSA) is 99.3 Å². The molecule has 0 saturated heterocycles. The van der Waals surface area contributed by atoms with Gasteiger partial charge in [0.1, 0.15) is 5.65 Å². The lowest BCUT2D eigenvalue weighted by atomic mass is 10.0. The van der Waals surface area contributed by atoms with E-state index in [2.05, 4.69) is 20.6 Å². The molecule has 0 aliphatic heterocycles. The standard InChI is InChI=1S/C23H27N5O3/c1-15(2)31-23(30)27-18-12-19-20(14-25-22(19)24-13-18)16-7-5-8-17(11-16)26-21(29)9-6-10-28(3)4/h5-9,11-15H,10H2,1-4H3,(H,24,25)(H,26,29)(H,27,30). The lowest BCUT2D eigenvalue weighted by molar-refractivity contribution is -0.111. The van der Waals surface area contributed by atoms with E-state index in [1.807, 2.05) is 61.6 Å². The van der Waals surface area contributed by atoms with E-state index in [4.69, 9.17) is 4.74 Å². The van der Waals surface area contributed by atoms with E-state index in [0.29, 0.717) is 23.6 Å². The van der Waals surface area contributed by atoms with Crippen LogP contribution in [0.4, 0.5) is 16.2 Å². The Hall–Kier alpha value is -3.65. The van der Waals surface area contributed by atoms with Crippen LogP contribution in [0, 0.1) is 0 Å². The summed E-state index contributed by atoms with van der Waals surface area (Å²) in [7, 11) is 3.88. The number of H-pyrrole nitrogens is 1. The average molecular weight is 422 g/mol. The summed E-state index contributed by atoms with van der Waals surface area (Å²) in [5.74, 6) is -0.185. The number of carbonyl (C=O) groups is 2. The molecule has 0 aliphatic carbocycles. The summed E-state index contributed by atoms with van der Waals surface area (Å²) < 4.78 is 5.12. The highest BCUT2D eigenvalue weighted by Gasteiger charge is 2.11. The highest BCUT2D eigenvalue weighted by molar-refractivity contribution is 6.01. The molecule has 0 aliphatic rings. The number of carbonyl (C=O) groups excluding carboxylic acids is 2. The van der Waals surface area contributed by atoms with Gasteiger partial charge in [-0.3, -0.25) is 10.1 Å². The summed E-state index contributed by atoms with van der Waals surface area (Å²) in [4.78, 5) is 33.5. The van der Waals surface area contributed by atoms with E-state index in [9.17, 15) is 9.59 Å². The van der Waals surface area contributed by atoms with Gasteiger partial charge in [-0.05, 0) is 51.7 Å². The van der Waals surface area contributed by atoms with E-state index < -0.39 is 6.09 Å². The first-order chi connectivity index (χ1) is 14.8. The van der Waals surface area contributed by atoms with E-state index >= 15 is 0 Å². The van der Waals surface area contributed by atoms with Crippen LogP contribution in [0.2, 0.25) is 0 Å². The molecule has 3 N–H and O–H groups in total. The van der Waals surface area contributed by atoms with Crippen molar-refractivity contribution in [1.29, 1.82) is 0 Å². The first-order valence-corrected chi connectivity index (χ1v) is 9.99. The number of hydrogen-bond donors (Lipinski definition) is 3. The molecule has 8 heteroatoms. The predicted molar refractivity (Wildman–Crippen MR) is 123 cm³/mol. The predicted octanol–water partition coefficient (Wildman–Crippen LogP) is 4.24. The molecule has 0 spiro atoms. The van der Waals surface area contributed by atoms with Gasteiger partial charge in [0.2, 0.25) is 5.91 Å². The van der Waals surface area contributed by atoms with Gasteiger partial charge < -0.3 is 19.9 Å². The molecular formula is C23H27N5O3. The van der Waals surface area contributed by atoms with E-state index in [1.165, 1.54) is 6.08 Å². The van der Waals surface area contributed by atoms with Crippen molar-refractivity contribution in [2.75, 3.05) is 31.3 Å². The van der Waals surface area contributed by atoms with Crippen molar-refractivity contribution in [3.63, 3.8) is 0 Å². The third-order valence-electron chi connectivity index (χ3n) is 4.30. The quantitative estimate of drug-likeness (QED) is 0.496. The molecule has 162 valence electrons. The molecule has 0 atom stereocenters. The molecule has 0 bridgehead atoms. The summed E-state index contributed by atoms with van der Waals surface area (Å²) in [5.41, 5.74) is 3.73. The second kappa shape index (κ2) is 9.90. The van der Waals surface area contributed by atoms with Gasteiger partial charge >= 0.3 is 6.09 Å². The monoisotopic (exact) mass is 421 g/mol. The average Bonchev–Trinajstić information content (AvgIpc) is 3.10. The zero-order valence-corrected chi connectivity index (χ0v) is 18.1. The van der Waals surface area contributed by atoms with Crippen molar-refractivity contribution in [2.45, 2.75) is 20.0 Å². The first-order valence-electron chi connectivity index (χ1n) is 9.99. The van der Waals surface area contributed by atoms with Crippen molar-refractivity contribution in [1.82, 2.24) is 14.9 Å². The van der Waals surface area contributed by atoms with Gasteiger partial charge in [0, 0.05) is 35.5 Å². The number of ether oxygens (including phenoxy) is 1.